The summed E-state index contributed by atoms with van der Waals surface area (Å²) in [5, 5.41) is 17.2. The fourth-order valence-corrected chi connectivity index (χ4v) is 3.16. The van der Waals surface area contributed by atoms with Gasteiger partial charge < -0.3 is 10.1 Å². The van der Waals surface area contributed by atoms with E-state index in [9.17, 15) is 0 Å². The van der Waals surface area contributed by atoms with Crippen LogP contribution in [0, 0.1) is 12.8 Å². The number of likely N-dealkylation sites (tertiary alicyclic amines) is 1. The van der Waals surface area contributed by atoms with Crippen molar-refractivity contribution >= 4 is 0 Å². The highest BCUT2D eigenvalue weighted by molar-refractivity contribution is 5.00. The molecule has 0 unspecified atom stereocenters. The molecule has 7 nitrogen and oxygen atoms in total. The topological polar surface area (TPSA) is 82.9 Å². The summed E-state index contributed by atoms with van der Waals surface area (Å²) in [5.74, 6) is 1.57. The molecule has 0 saturated carbocycles. The van der Waals surface area contributed by atoms with E-state index in [-0.39, 0.29) is 6.61 Å². The largest absolute Gasteiger partial charge is 0.396 e. The van der Waals surface area contributed by atoms with Crippen LogP contribution in [0.3, 0.4) is 0 Å². The maximum Gasteiger partial charge on any atom is 0.103 e. The molecular weight excluding hydrogens is 280 g/mol. The normalized spacial score (nSPS) is 19.6. The molecule has 3 rings (SSSR count). The number of aromatic amines is 1. The molecule has 3 heterocycles. The monoisotopic (exact) mass is 304 g/mol. The minimum atomic E-state index is 0.125. The summed E-state index contributed by atoms with van der Waals surface area (Å²) >= 11 is 0. The molecule has 1 fully saturated rings. The third kappa shape index (κ3) is 3.92. The van der Waals surface area contributed by atoms with Gasteiger partial charge in [0, 0.05) is 50.7 Å². The molecule has 0 aliphatic carbocycles. The predicted octanol–water partition coefficient (Wildman–Crippen LogP) is 0.757. The molecule has 1 aliphatic rings. The molecule has 22 heavy (non-hydrogen) atoms. The lowest BCUT2D eigenvalue weighted by atomic mass is 9.98. The number of nitrogens with one attached hydrogen (secondary N) is 1. The zero-order chi connectivity index (χ0) is 15.4. The van der Waals surface area contributed by atoms with Crippen LogP contribution in [0.5, 0.6) is 0 Å². The smallest absolute Gasteiger partial charge is 0.103 e. The van der Waals surface area contributed by atoms with Gasteiger partial charge in [-0.15, -0.1) is 5.10 Å². The lowest BCUT2D eigenvalue weighted by Gasteiger charge is -2.32. The molecular formula is C15H24N6O. The first-order valence-corrected chi connectivity index (χ1v) is 7.95. The quantitative estimate of drug-likeness (QED) is 0.823. The second-order valence-electron chi connectivity index (χ2n) is 6.14. The molecule has 1 aliphatic heterocycles. The molecule has 0 bridgehead atoms. The van der Waals surface area contributed by atoms with Crippen molar-refractivity contribution in [2.24, 2.45) is 5.92 Å². The minimum Gasteiger partial charge on any atom is -0.396 e. The van der Waals surface area contributed by atoms with Gasteiger partial charge in [0.1, 0.15) is 5.82 Å². The van der Waals surface area contributed by atoms with Gasteiger partial charge in [0.15, 0.2) is 0 Å². The molecule has 0 spiro atoms. The third-order valence-electron chi connectivity index (χ3n) is 4.15. The summed E-state index contributed by atoms with van der Waals surface area (Å²) in [6.45, 7) is 6.16. The van der Waals surface area contributed by atoms with E-state index >= 15 is 0 Å². The standard InChI is InChI=1S/C15H24N6O/c1-12-16-7-15(17-12)10-20-5-2-3-13(8-20)9-21-11-14(4-6-22)18-19-21/h7,11,13,22H,2-6,8-10H2,1H3,(H,16,17)/t13-/m1/s1. The van der Waals surface area contributed by atoms with Crippen molar-refractivity contribution in [3.8, 4) is 0 Å². The first kappa shape index (κ1) is 15.2. The Labute approximate surface area is 130 Å². The van der Waals surface area contributed by atoms with Crippen molar-refractivity contribution < 1.29 is 5.11 Å². The summed E-state index contributed by atoms with van der Waals surface area (Å²) in [6.07, 6.45) is 6.91. The number of aromatic nitrogens is 5. The number of hydrogen-bond acceptors (Lipinski definition) is 5. The number of hydrogen-bond donors (Lipinski definition) is 2. The number of aliphatic hydroxyl groups is 1. The van der Waals surface area contributed by atoms with Crippen LogP contribution in [0.15, 0.2) is 12.4 Å². The van der Waals surface area contributed by atoms with E-state index in [4.69, 9.17) is 5.11 Å². The second kappa shape index (κ2) is 7.02. The Hall–Kier alpha value is -1.73. The molecule has 0 amide bonds. The van der Waals surface area contributed by atoms with E-state index in [1.54, 1.807) is 0 Å². The Morgan fingerprint density at radius 2 is 2.36 bits per heavy atom. The van der Waals surface area contributed by atoms with E-state index in [1.807, 2.05) is 24.0 Å². The zero-order valence-corrected chi connectivity index (χ0v) is 13.1. The Kier molecular flexibility index (Phi) is 4.84. The van der Waals surface area contributed by atoms with Gasteiger partial charge in [-0.1, -0.05) is 5.21 Å². The van der Waals surface area contributed by atoms with Crippen LogP contribution in [0.1, 0.15) is 30.1 Å². The van der Waals surface area contributed by atoms with E-state index in [0.29, 0.717) is 12.3 Å². The van der Waals surface area contributed by atoms with Crippen molar-refractivity contribution in [2.45, 2.75) is 39.3 Å². The average Bonchev–Trinajstić information content (AvgIpc) is 3.09. The van der Waals surface area contributed by atoms with Crippen LogP contribution < -0.4 is 0 Å². The molecule has 2 aromatic rings. The molecule has 2 N–H and O–H groups in total. The van der Waals surface area contributed by atoms with Crippen LogP contribution in [0.25, 0.3) is 0 Å². The first-order valence-electron chi connectivity index (χ1n) is 7.95. The van der Waals surface area contributed by atoms with Crippen LogP contribution in [-0.2, 0) is 19.5 Å². The van der Waals surface area contributed by atoms with Crippen molar-refractivity contribution in [1.29, 1.82) is 0 Å². The van der Waals surface area contributed by atoms with E-state index in [0.717, 1.165) is 37.7 Å². The number of rotatable bonds is 6. The maximum atomic E-state index is 8.94. The average molecular weight is 304 g/mol. The SMILES string of the molecule is Cc1ncc(CN2CCC[C@@H](Cn3cc(CCO)nn3)C2)[nH]1. The molecule has 0 radical (unpaired) electrons. The highest BCUT2D eigenvalue weighted by Gasteiger charge is 2.21. The Morgan fingerprint density at radius 3 is 3.14 bits per heavy atom. The zero-order valence-electron chi connectivity index (χ0n) is 13.1. The Balaban J connectivity index is 1.53. The molecule has 2 aromatic heterocycles. The summed E-state index contributed by atoms with van der Waals surface area (Å²) in [7, 11) is 0. The first-order chi connectivity index (χ1) is 10.7. The van der Waals surface area contributed by atoms with Gasteiger partial charge in [-0.3, -0.25) is 9.58 Å². The number of imidazole rings is 1. The maximum absolute atomic E-state index is 8.94. The number of aliphatic hydroxyl groups excluding tert-OH is 1. The van der Waals surface area contributed by atoms with Crippen LogP contribution >= 0.6 is 0 Å². The van der Waals surface area contributed by atoms with Crippen molar-refractivity contribution in [3.63, 3.8) is 0 Å². The number of piperidine rings is 1. The Bertz CT molecular complexity index is 592. The highest BCUT2D eigenvalue weighted by Crippen LogP contribution is 2.19. The Morgan fingerprint density at radius 1 is 1.45 bits per heavy atom. The van der Waals surface area contributed by atoms with Crippen LogP contribution in [-0.4, -0.2) is 54.7 Å². The van der Waals surface area contributed by atoms with E-state index in [1.165, 1.54) is 18.5 Å². The predicted molar refractivity (Wildman–Crippen MR) is 82.1 cm³/mol. The van der Waals surface area contributed by atoms with Gasteiger partial charge >= 0.3 is 0 Å². The summed E-state index contributed by atoms with van der Waals surface area (Å²) < 4.78 is 1.92. The number of nitrogens with zero attached hydrogens (tertiary/aromatic N) is 5. The van der Waals surface area contributed by atoms with Crippen LogP contribution in [0.4, 0.5) is 0 Å². The highest BCUT2D eigenvalue weighted by atomic mass is 16.3. The van der Waals surface area contributed by atoms with Crippen molar-refractivity contribution in [2.75, 3.05) is 19.7 Å². The lowest BCUT2D eigenvalue weighted by molar-refractivity contribution is 0.151. The lowest BCUT2D eigenvalue weighted by Crippen LogP contribution is -2.36. The fraction of sp³-hybridized carbons (Fsp3) is 0.667. The summed E-state index contributed by atoms with van der Waals surface area (Å²) in [4.78, 5) is 10.0. The summed E-state index contributed by atoms with van der Waals surface area (Å²) in [5.41, 5.74) is 2.05. The van der Waals surface area contributed by atoms with Gasteiger partial charge in [0.05, 0.1) is 5.69 Å². The van der Waals surface area contributed by atoms with Crippen molar-refractivity contribution in [3.05, 3.63) is 29.6 Å². The van der Waals surface area contributed by atoms with E-state index < -0.39 is 0 Å². The van der Waals surface area contributed by atoms with E-state index in [2.05, 4.69) is 25.2 Å². The van der Waals surface area contributed by atoms with Gasteiger partial charge in [0.25, 0.3) is 0 Å². The molecule has 1 saturated heterocycles. The molecule has 1 atom stereocenters. The second-order valence-corrected chi connectivity index (χ2v) is 6.14. The van der Waals surface area contributed by atoms with Crippen LogP contribution in [0.2, 0.25) is 0 Å². The van der Waals surface area contributed by atoms with Crippen molar-refractivity contribution in [1.82, 2.24) is 29.9 Å². The number of aryl methyl sites for hydroxylation is 1. The molecule has 120 valence electrons. The fourth-order valence-electron chi connectivity index (χ4n) is 3.16. The van der Waals surface area contributed by atoms with Gasteiger partial charge in [-0.25, -0.2) is 4.98 Å². The molecule has 0 aromatic carbocycles. The summed E-state index contributed by atoms with van der Waals surface area (Å²) in [6, 6.07) is 0. The van der Waals surface area contributed by atoms with Gasteiger partial charge in [-0.05, 0) is 32.2 Å². The van der Waals surface area contributed by atoms with Gasteiger partial charge in [0.2, 0.25) is 0 Å². The van der Waals surface area contributed by atoms with Gasteiger partial charge in [-0.2, -0.15) is 0 Å². The molecule has 7 heteroatoms. The third-order valence-corrected chi connectivity index (χ3v) is 4.15. The minimum absolute atomic E-state index is 0.125. The number of H-pyrrole nitrogens is 1.